The average molecular weight is 368 g/mol. The number of anilines is 1. The van der Waals surface area contributed by atoms with Crippen LogP contribution in [0.25, 0.3) is 0 Å². The van der Waals surface area contributed by atoms with Crippen LogP contribution in [0, 0.1) is 5.82 Å². The number of carbonyl (C=O) groups is 1. The van der Waals surface area contributed by atoms with Crippen LogP contribution in [0.2, 0.25) is 0 Å². The second-order valence-electron chi connectivity index (χ2n) is 5.88. The van der Waals surface area contributed by atoms with Crippen molar-refractivity contribution in [1.29, 1.82) is 0 Å². The van der Waals surface area contributed by atoms with Gasteiger partial charge in [-0.3, -0.25) is 4.90 Å². The molecule has 5 nitrogen and oxygen atoms in total. The smallest absolute Gasteiger partial charge is 0.414 e. The Morgan fingerprint density at radius 3 is 2.88 bits per heavy atom. The summed E-state index contributed by atoms with van der Waals surface area (Å²) in [6, 6.07) is 4.82. The summed E-state index contributed by atoms with van der Waals surface area (Å²) in [5.74, 6) is 0.990. The molecule has 2 aliphatic heterocycles. The van der Waals surface area contributed by atoms with Crippen molar-refractivity contribution >= 4 is 40.3 Å². The third-order valence-electron chi connectivity index (χ3n) is 4.36. The van der Waals surface area contributed by atoms with Crippen LogP contribution in [0.4, 0.5) is 14.9 Å². The molecule has 3 rings (SSSR count). The summed E-state index contributed by atoms with van der Waals surface area (Å²) < 4.78 is 31.1. The zero-order valence-corrected chi connectivity index (χ0v) is 14.6. The Labute approximate surface area is 148 Å². The Balaban J connectivity index is 1.72. The number of isothiocyanates is 1. The van der Waals surface area contributed by atoms with E-state index in [9.17, 15) is 13.7 Å². The summed E-state index contributed by atoms with van der Waals surface area (Å²) in [5.41, 5.74) is 1.10. The van der Waals surface area contributed by atoms with Gasteiger partial charge in [0, 0.05) is 0 Å². The van der Waals surface area contributed by atoms with Crippen molar-refractivity contribution in [1.82, 2.24) is 0 Å². The van der Waals surface area contributed by atoms with Crippen molar-refractivity contribution in [2.45, 2.75) is 24.9 Å². The number of amides is 1. The number of benzene rings is 1. The van der Waals surface area contributed by atoms with Crippen LogP contribution in [0.15, 0.2) is 23.2 Å². The first-order valence-corrected chi connectivity index (χ1v) is 9.64. The molecule has 0 spiro atoms. The maximum absolute atomic E-state index is 14.5. The van der Waals surface area contributed by atoms with Crippen molar-refractivity contribution < 1.29 is 18.5 Å². The number of ether oxygens (including phenoxy) is 1. The Kier molecular flexibility index (Phi) is 5.50. The van der Waals surface area contributed by atoms with E-state index in [0.717, 1.165) is 12.8 Å². The van der Waals surface area contributed by atoms with E-state index < -0.39 is 23.4 Å². The van der Waals surface area contributed by atoms with Crippen LogP contribution in [-0.4, -0.2) is 46.5 Å². The van der Waals surface area contributed by atoms with Gasteiger partial charge in [0.05, 0.1) is 23.9 Å². The van der Waals surface area contributed by atoms with E-state index in [1.54, 1.807) is 12.1 Å². The van der Waals surface area contributed by atoms with E-state index in [-0.39, 0.29) is 18.3 Å². The summed E-state index contributed by atoms with van der Waals surface area (Å²) in [6.07, 6.45) is 0.544. The van der Waals surface area contributed by atoms with E-state index in [4.69, 9.17) is 4.74 Å². The largest absolute Gasteiger partial charge is 0.616 e. The number of halogens is 1. The zero-order chi connectivity index (χ0) is 17.1. The van der Waals surface area contributed by atoms with Crippen LogP contribution in [-0.2, 0) is 15.9 Å². The van der Waals surface area contributed by atoms with Crippen molar-refractivity contribution in [3.8, 4) is 0 Å². The molecule has 2 heterocycles. The molecule has 0 aromatic heterocycles. The molecule has 24 heavy (non-hydrogen) atoms. The third-order valence-corrected chi connectivity index (χ3v) is 5.87. The first kappa shape index (κ1) is 17.4. The average Bonchev–Trinajstić information content (AvgIpc) is 2.95. The minimum Gasteiger partial charge on any atom is -0.616 e. The SMILES string of the molecule is O=C1O[C@H](CN=C=S)CN1c1ccc([C@H]2CC[S@@+]([O-])CC2)c(F)c1. The van der Waals surface area contributed by atoms with Crippen LogP contribution < -0.4 is 4.90 Å². The molecular formula is C16H17FN2O3S2. The lowest BCUT2D eigenvalue weighted by Crippen LogP contribution is -2.26. The molecule has 1 aromatic carbocycles. The van der Waals surface area contributed by atoms with Gasteiger partial charge < -0.3 is 9.29 Å². The molecule has 1 amide bonds. The number of cyclic esters (lactones) is 1. The molecular weight excluding hydrogens is 351 g/mol. The Hall–Kier alpha value is -1.47. The molecule has 0 N–H and O–H groups in total. The second kappa shape index (κ2) is 7.61. The minimum absolute atomic E-state index is 0.0898. The van der Waals surface area contributed by atoms with Crippen molar-refractivity contribution in [2.75, 3.05) is 29.5 Å². The molecule has 2 aliphatic rings. The Bertz CT molecular complexity index is 673. The van der Waals surface area contributed by atoms with Gasteiger partial charge in [0.15, 0.2) is 0 Å². The van der Waals surface area contributed by atoms with Gasteiger partial charge in [0.25, 0.3) is 0 Å². The number of nitrogens with zero attached hydrogens (tertiary/aromatic N) is 2. The predicted octanol–water partition coefficient (Wildman–Crippen LogP) is 2.88. The first-order valence-electron chi connectivity index (χ1n) is 7.74. The fraction of sp³-hybridized carbons (Fsp3) is 0.500. The molecule has 0 radical (unpaired) electrons. The fourth-order valence-corrected chi connectivity index (χ4v) is 4.46. The summed E-state index contributed by atoms with van der Waals surface area (Å²) in [6.45, 7) is 0.562. The highest BCUT2D eigenvalue weighted by molar-refractivity contribution is 7.91. The molecule has 0 unspecified atom stereocenters. The highest BCUT2D eigenvalue weighted by atomic mass is 32.2. The lowest BCUT2D eigenvalue weighted by molar-refractivity contribution is 0.145. The van der Waals surface area contributed by atoms with Gasteiger partial charge in [-0.05, 0) is 48.7 Å². The monoisotopic (exact) mass is 368 g/mol. The maximum Gasteiger partial charge on any atom is 0.414 e. The lowest BCUT2D eigenvalue weighted by atomic mass is 9.93. The number of rotatable bonds is 4. The standard InChI is InChI=1S/C16H17FN2O3S2/c17-15-7-12(19-9-13(8-18-10-23)22-16(19)20)1-2-14(15)11-3-5-24(21)6-4-11/h1-2,7,11,13H,3-6,8-9H2/t11-,13-,24+/m1/s1. The minimum atomic E-state index is -0.773. The maximum atomic E-state index is 14.5. The number of hydrogen-bond acceptors (Lipinski definition) is 5. The number of aliphatic imine (C=N–C) groups is 1. The van der Waals surface area contributed by atoms with Crippen LogP contribution in [0.1, 0.15) is 24.3 Å². The highest BCUT2D eigenvalue weighted by Gasteiger charge is 2.33. The second-order valence-corrected chi connectivity index (χ2v) is 7.76. The molecule has 2 saturated heterocycles. The van der Waals surface area contributed by atoms with Gasteiger partial charge in [-0.15, -0.1) is 0 Å². The topological polar surface area (TPSA) is 65.0 Å². The van der Waals surface area contributed by atoms with Crippen molar-refractivity contribution in [3.05, 3.63) is 29.6 Å². The molecule has 0 saturated carbocycles. The van der Waals surface area contributed by atoms with E-state index in [1.165, 1.54) is 11.0 Å². The molecule has 1 atom stereocenters. The fourth-order valence-electron chi connectivity index (χ4n) is 3.09. The lowest BCUT2D eigenvalue weighted by Gasteiger charge is -2.25. The van der Waals surface area contributed by atoms with Crippen LogP contribution >= 0.6 is 12.2 Å². The summed E-state index contributed by atoms with van der Waals surface area (Å²) >= 11 is 3.73. The summed E-state index contributed by atoms with van der Waals surface area (Å²) in [4.78, 5) is 17.1. The highest BCUT2D eigenvalue weighted by Crippen LogP contribution is 2.33. The van der Waals surface area contributed by atoms with E-state index >= 15 is 0 Å². The van der Waals surface area contributed by atoms with Gasteiger partial charge >= 0.3 is 6.09 Å². The molecule has 2 fully saturated rings. The van der Waals surface area contributed by atoms with Gasteiger partial charge in [-0.25, -0.2) is 14.2 Å². The Morgan fingerprint density at radius 1 is 1.46 bits per heavy atom. The molecule has 0 aliphatic carbocycles. The van der Waals surface area contributed by atoms with Gasteiger partial charge in [0.1, 0.15) is 23.4 Å². The summed E-state index contributed by atoms with van der Waals surface area (Å²) in [7, 11) is 0. The van der Waals surface area contributed by atoms with E-state index in [2.05, 4.69) is 22.4 Å². The summed E-state index contributed by atoms with van der Waals surface area (Å²) in [5, 5.41) is 2.24. The van der Waals surface area contributed by atoms with Crippen LogP contribution in [0.5, 0.6) is 0 Å². The van der Waals surface area contributed by atoms with E-state index in [1.807, 2.05) is 0 Å². The van der Waals surface area contributed by atoms with Crippen molar-refractivity contribution in [3.63, 3.8) is 0 Å². The normalized spacial score (nSPS) is 26.8. The van der Waals surface area contributed by atoms with Crippen molar-refractivity contribution in [2.24, 2.45) is 4.99 Å². The first-order chi connectivity index (χ1) is 11.6. The van der Waals surface area contributed by atoms with E-state index in [0.29, 0.717) is 29.3 Å². The molecule has 128 valence electrons. The zero-order valence-electron chi connectivity index (χ0n) is 12.9. The van der Waals surface area contributed by atoms with Crippen LogP contribution in [0.3, 0.4) is 0 Å². The van der Waals surface area contributed by atoms with Gasteiger partial charge in [-0.2, -0.15) is 0 Å². The van der Waals surface area contributed by atoms with Gasteiger partial charge in [-0.1, -0.05) is 17.2 Å². The quantitative estimate of drug-likeness (QED) is 0.466. The number of carbonyl (C=O) groups excluding carboxylic acids is 1. The molecule has 1 aromatic rings. The molecule has 8 heteroatoms. The predicted molar refractivity (Wildman–Crippen MR) is 93.8 cm³/mol. The third kappa shape index (κ3) is 3.78. The van der Waals surface area contributed by atoms with Gasteiger partial charge in [0.2, 0.25) is 0 Å². The number of hydrogen-bond donors (Lipinski definition) is 0. The Morgan fingerprint density at radius 2 is 2.21 bits per heavy atom. The number of thiocarbonyl (C=S) groups is 1. The molecule has 0 bridgehead atoms.